The van der Waals surface area contributed by atoms with E-state index in [0.29, 0.717) is 12.6 Å². The largest absolute Gasteiger partial charge is 0.340 e. The molecule has 4 aliphatic rings. The van der Waals surface area contributed by atoms with Crippen LogP contribution in [0.2, 0.25) is 0 Å². The van der Waals surface area contributed by atoms with Gasteiger partial charge in [0.2, 0.25) is 5.91 Å². The number of fused-ring (bicyclic) bond motifs is 2. The molecule has 3 unspecified atom stereocenters. The molecule has 5 rings (SSSR count). The quantitative estimate of drug-likeness (QED) is 0.803. The van der Waals surface area contributed by atoms with Crippen molar-refractivity contribution in [3.63, 3.8) is 0 Å². The van der Waals surface area contributed by atoms with Crippen LogP contribution in [0.4, 0.5) is 4.79 Å². The van der Waals surface area contributed by atoms with Gasteiger partial charge in [-0.05, 0) is 62.7 Å². The van der Waals surface area contributed by atoms with Crippen molar-refractivity contribution in [3.05, 3.63) is 35.4 Å². The third-order valence-electron chi connectivity index (χ3n) is 7.63. The van der Waals surface area contributed by atoms with Crippen molar-refractivity contribution >= 4 is 11.9 Å². The molecule has 1 aromatic rings. The first-order chi connectivity index (χ1) is 14.0. The Morgan fingerprint density at radius 1 is 1.14 bits per heavy atom. The number of likely N-dealkylation sites (tertiary alicyclic amines) is 1. The van der Waals surface area contributed by atoms with E-state index in [-0.39, 0.29) is 29.4 Å². The van der Waals surface area contributed by atoms with Crippen LogP contribution in [0.15, 0.2) is 24.3 Å². The Hall–Kier alpha value is -2.08. The molecule has 3 fully saturated rings. The summed E-state index contributed by atoms with van der Waals surface area (Å²) >= 11 is 0. The molecule has 3 saturated heterocycles. The van der Waals surface area contributed by atoms with Crippen molar-refractivity contribution in [1.29, 1.82) is 0 Å². The second-order valence-electron chi connectivity index (χ2n) is 9.56. The summed E-state index contributed by atoms with van der Waals surface area (Å²) in [6, 6.07) is 9.22. The fourth-order valence-electron chi connectivity index (χ4n) is 5.96. The minimum atomic E-state index is -0.335. The minimum absolute atomic E-state index is 0.0644. The second kappa shape index (κ2) is 7.31. The topological polar surface area (TPSA) is 64.7 Å². The molecule has 6 nitrogen and oxygen atoms in total. The molecule has 29 heavy (non-hydrogen) atoms. The predicted molar refractivity (Wildman–Crippen MR) is 112 cm³/mol. The lowest BCUT2D eigenvalue weighted by atomic mass is 9.71. The number of piperidine rings is 2. The number of carbonyl (C=O) groups excluding carboxylic acids is 2. The summed E-state index contributed by atoms with van der Waals surface area (Å²) in [5.41, 5.74) is 2.37. The highest BCUT2D eigenvalue weighted by Gasteiger charge is 2.48. The zero-order valence-electron chi connectivity index (χ0n) is 17.3. The molecule has 1 aromatic carbocycles. The van der Waals surface area contributed by atoms with Crippen molar-refractivity contribution in [2.45, 2.75) is 63.6 Å². The zero-order chi connectivity index (χ0) is 20.0. The number of nitrogens with one attached hydrogen (secondary N) is 2. The predicted octanol–water partition coefficient (Wildman–Crippen LogP) is 1.93. The van der Waals surface area contributed by atoms with Gasteiger partial charge in [-0.3, -0.25) is 4.79 Å². The molecule has 6 heteroatoms. The van der Waals surface area contributed by atoms with E-state index in [4.69, 9.17) is 0 Å². The van der Waals surface area contributed by atoms with Gasteiger partial charge in [-0.15, -0.1) is 0 Å². The maximum atomic E-state index is 13.5. The first-order valence-electron chi connectivity index (χ1n) is 11.2. The number of aryl methyl sites for hydroxylation is 1. The Bertz CT molecular complexity index is 806. The molecular formula is C23H32N4O2. The van der Waals surface area contributed by atoms with E-state index in [1.54, 1.807) is 0 Å². The molecule has 3 amide bonds. The lowest BCUT2D eigenvalue weighted by molar-refractivity contribution is -0.143. The van der Waals surface area contributed by atoms with Gasteiger partial charge in [-0.25, -0.2) is 4.79 Å². The second-order valence-corrected chi connectivity index (χ2v) is 9.56. The normalized spacial score (nSPS) is 32.5. The summed E-state index contributed by atoms with van der Waals surface area (Å²) in [4.78, 5) is 30.4. The van der Waals surface area contributed by atoms with E-state index in [1.165, 1.54) is 11.1 Å². The number of hydrogen-bond donors (Lipinski definition) is 2. The van der Waals surface area contributed by atoms with Crippen molar-refractivity contribution in [2.75, 3.05) is 26.2 Å². The van der Waals surface area contributed by atoms with E-state index >= 15 is 0 Å². The maximum absolute atomic E-state index is 13.5. The summed E-state index contributed by atoms with van der Waals surface area (Å²) in [6.45, 7) is 5.50. The molecule has 0 spiro atoms. The van der Waals surface area contributed by atoms with Crippen LogP contribution in [0.1, 0.15) is 43.7 Å². The monoisotopic (exact) mass is 396 g/mol. The molecule has 0 radical (unpaired) electrons. The average molecular weight is 397 g/mol. The standard InChI is InChI=1S/C23H32N4O2/c1-23(10-6-16-4-2-3-5-17(16)14-23)21(28)26-13-9-20-19(15-26)25-22(29)27(20)18-7-11-24-12-8-18/h2-5,18-20,24H,6-15H2,1H3,(H,25,29). The molecule has 1 aliphatic carbocycles. The number of urea groups is 1. The van der Waals surface area contributed by atoms with Crippen LogP contribution in [0.25, 0.3) is 0 Å². The van der Waals surface area contributed by atoms with E-state index in [9.17, 15) is 9.59 Å². The Balaban J connectivity index is 1.28. The number of rotatable bonds is 2. The molecule has 3 heterocycles. The van der Waals surface area contributed by atoms with Crippen LogP contribution < -0.4 is 10.6 Å². The van der Waals surface area contributed by atoms with Gasteiger partial charge in [0.1, 0.15) is 0 Å². The molecular weight excluding hydrogens is 364 g/mol. The first-order valence-corrected chi connectivity index (χ1v) is 11.2. The lowest BCUT2D eigenvalue weighted by Gasteiger charge is -2.44. The van der Waals surface area contributed by atoms with Gasteiger partial charge in [0.25, 0.3) is 0 Å². The highest BCUT2D eigenvalue weighted by Crippen LogP contribution is 2.38. The maximum Gasteiger partial charge on any atom is 0.318 e. The number of carbonyl (C=O) groups is 2. The smallest absolute Gasteiger partial charge is 0.318 e. The van der Waals surface area contributed by atoms with Gasteiger partial charge in [0, 0.05) is 19.1 Å². The Morgan fingerprint density at radius 3 is 2.69 bits per heavy atom. The SMILES string of the molecule is CC1(C(=O)N2CCC3C(C2)NC(=O)N3C2CCNCC2)CCc2ccccc2C1. The van der Waals surface area contributed by atoms with Crippen LogP contribution in [-0.2, 0) is 17.6 Å². The summed E-state index contributed by atoms with van der Waals surface area (Å²) < 4.78 is 0. The average Bonchev–Trinajstić information content (AvgIpc) is 3.08. The third-order valence-corrected chi connectivity index (χ3v) is 7.63. The van der Waals surface area contributed by atoms with E-state index in [0.717, 1.165) is 58.2 Å². The van der Waals surface area contributed by atoms with Crippen LogP contribution in [-0.4, -0.2) is 66.0 Å². The number of hydrogen-bond acceptors (Lipinski definition) is 3. The van der Waals surface area contributed by atoms with Crippen molar-refractivity contribution in [3.8, 4) is 0 Å². The van der Waals surface area contributed by atoms with Crippen LogP contribution in [0.3, 0.4) is 0 Å². The molecule has 3 atom stereocenters. The molecule has 3 aliphatic heterocycles. The third kappa shape index (κ3) is 3.31. The van der Waals surface area contributed by atoms with Gasteiger partial charge in [0.15, 0.2) is 0 Å². The van der Waals surface area contributed by atoms with Crippen LogP contribution in [0.5, 0.6) is 0 Å². The Kier molecular flexibility index (Phi) is 4.77. The van der Waals surface area contributed by atoms with E-state index < -0.39 is 0 Å². The summed E-state index contributed by atoms with van der Waals surface area (Å²) in [6.07, 6.45) is 5.62. The van der Waals surface area contributed by atoms with Gasteiger partial charge >= 0.3 is 6.03 Å². The fraction of sp³-hybridized carbons (Fsp3) is 0.652. The number of amides is 3. The van der Waals surface area contributed by atoms with E-state index in [2.05, 4.69) is 46.7 Å². The van der Waals surface area contributed by atoms with Gasteiger partial charge in [0.05, 0.1) is 17.5 Å². The van der Waals surface area contributed by atoms with Crippen molar-refractivity contribution in [2.24, 2.45) is 5.41 Å². The van der Waals surface area contributed by atoms with Gasteiger partial charge in [-0.1, -0.05) is 31.2 Å². The fourth-order valence-corrected chi connectivity index (χ4v) is 5.96. The summed E-state index contributed by atoms with van der Waals surface area (Å²) in [7, 11) is 0. The lowest BCUT2D eigenvalue weighted by Crippen LogP contribution is -2.57. The highest BCUT2D eigenvalue weighted by atomic mass is 16.2. The zero-order valence-corrected chi connectivity index (χ0v) is 17.3. The summed E-state index contributed by atoms with van der Waals surface area (Å²) in [5.74, 6) is 0.264. The van der Waals surface area contributed by atoms with Gasteiger partial charge in [-0.2, -0.15) is 0 Å². The molecule has 0 saturated carbocycles. The number of nitrogens with zero attached hydrogens (tertiary/aromatic N) is 2. The van der Waals surface area contributed by atoms with Crippen LogP contribution in [0, 0.1) is 5.41 Å². The Morgan fingerprint density at radius 2 is 1.90 bits per heavy atom. The van der Waals surface area contributed by atoms with Crippen molar-refractivity contribution < 1.29 is 9.59 Å². The summed E-state index contributed by atoms with van der Waals surface area (Å²) in [5, 5.41) is 6.58. The van der Waals surface area contributed by atoms with Gasteiger partial charge < -0.3 is 20.4 Å². The molecule has 156 valence electrons. The van der Waals surface area contributed by atoms with Crippen LogP contribution >= 0.6 is 0 Å². The molecule has 0 bridgehead atoms. The van der Waals surface area contributed by atoms with Crippen molar-refractivity contribution in [1.82, 2.24) is 20.4 Å². The Labute approximate surface area is 173 Å². The van der Waals surface area contributed by atoms with E-state index in [1.807, 2.05) is 4.90 Å². The minimum Gasteiger partial charge on any atom is -0.340 e. The molecule has 2 N–H and O–H groups in total. The molecule has 0 aromatic heterocycles. The number of benzene rings is 1. The first kappa shape index (κ1) is 18.9. The highest BCUT2D eigenvalue weighted by molar-refractivity contribution is 5.84.